The number of hydrogen-bond donors (Lipinski definition) is 2. The van der Waals surface area contributed by atoms with Crippen LogP contribution in [0, 0.1) is 13.8 Å². The smallest absolute Gasteiger partial charge is 0.339 e. The van der Waals surface area contributed by atoms with Crippen LogP contribution in [-0.2, 0) is 16.1 Å². The monoisotopic (exact) mass is 361 g/mol. The number of aryl methyl sites for hydroxylation is 2. The molecule has 1 heterocycles. The molecule has 2 aromatic rings. The molecular weight excluding hydrogens is 342 g/mol. The maximum Gasteiger partial charge on any atom is 0.339 e. The van der Waals surface area contributed by atoms with Gasteiger partial charge in [0.05, 0.1) is 16.8 Å². The predicted octanol–water partition coefficient (Wildman–Crippen LogP) is 1.61. The van der Waals surface area contributed by atoms with Gasteiger partial charge in [0.2, 0.25) is 0 Å². The molecule has 0 radical (unpaired) electrons. The number of urea groups is 1. The van der Waals surface area contributed by atoms with Crippen molar-refractivity contribution < 1.29 is 28.4 Å². The van der Waals surface area contributed by atoms with Gasteiger partial charge in [-0.2, -0.15) is 0 Å². The first-order valence-corrected chi connectivity index (χ1v) is 7.73. The molecule has 26 heavy (non-hydrogen) atoms. The highest BCUT2D eigenvalue weighted by molar-refractivity contribution is 5.98. The standard InChI is InChI=1S/C17H19N3O6/c1-9-14(10(2)26-20-9)8-24-13-6-4-5-12(7-13)16(22)25-11(3)15(21)19-17(18)23/h4-7,11H,8H2,1-3H3,(H3,18,19,21,23)/t11-/m0/s1. The molecule has 138 valence electrons. The van der Waals surface area contributed by atoms with E-state index in [1.165, 1.54) is 19.1 Å². The van der Waals surface area contributed by atoms with Crippen LogP contribution in [0.1, 0.15) is 34.3 Å². The van der Waals surface area contributed by atoms with Crippen LogP contribution < -0.4 is 15.8 Å². The maximum absolute atomic E-state index is 12.1. The van der Waals surface area contributed by atoms with Gasteiger partial charge in [0.25, 0.3) is 5.91 Å². The molecule has 1 aromatic carbocycles. The lowest BCUT2D eigenvalue weighted by Gasteiger charge is -2.12. The van der Waals surface area contributed by atoms with E-state index in [2.05, 4.69) is 5.16 Å². The molecule has 0 aliphatic carbocycles. The number of carbonyl (C=O) groups excluding carboxylic acids is 3. The van der Waals surface area contributed by atoms with Gasteiger partial charge in [0, 0.05) is 0 Å². The number of primary amides is 1. The molecule has 1 atom stereocenters. The fraction of sp³-hybridized carbons (Fsp3) is 0.294. The quantitative estimate of drug-likeness (QED) is 0.746. The summed E-state index contributed by atoms with van der Waals surface area (Å²) in [6.45, 7) is 5.15. The zero-order chi connectivity index (χ0) is 19.3. The van der Waals surface area contributed by atoms with Gasteiger partial charge in [-0.25, -0.2) is 9.59 Å². The summed E-state index contributed by atoms with van der Waals surface area (Å²) in [7, 11) is 0. The lowest BCUT2D eigenvalue weighted by atomic mass is 10.2. The van der Waals surface area contributed by atoms with Gasteiger partial charge in [0.1, 0.15) is 18.1 Å². The number of ether oxygens (including phenoxy) is 2. The van der Waals surface area contributed by atoms with Crippen LogP contribution in [0.15, 0.2) is 28.8 Å². The molecule has 0 unspecified atom stereocenters. The Kier molecular flexibility index (Phi) is 5.94. The second kappa shape index (κ2) is 8.15. The lowest BCUT2D eigenvalue weighted by Crippen LogP contribution is -2.42. The van der Waals surface area contributed by atoms with E-state index >= 15 is 0 Å². The van der Waals surface area contributed by atoms with Crippen molar-refractivity contribution >= 4 is 17.9 Å². The van der Waals surface area contributed by atoms with Crippen LogP contribution in [-0.4, -0.2) is 29.2 Å². The summed E-state index contributed by atoms with van der Waals surface area (Å²) in [5.41, 5.74) is 6.60. The van der Waals surface area contributed by atoms with E-state index in [9.17, 15) is 14.4 Å². The SMILES string of the molecule is Cc1noc(C)c1COc1cccc(C(=O)O[C@@H](C)C(=O)NC(N)=O)c1. The van der Waals surface area contributed by atoms with E-state index in [0.29, 0.717) is 11.5 Å². The third-order valence-electron chi connectivity index (χ3n) is 3.53. The van der Waals surface area contributed by atoms with Crippen LogP contribution in [0.2, 0.25) is 0 Å². The normalized spacial score (nSPS) is 11.5. The van der Waals surface area contributed by atoms with Crippen molar-refractivity contribution in [3.05, 3.63) is 46.8 Å². The number of nitrogens with one attached hydrogen (secondary N) is 1. The van der Waals surface area contributed by atoms with Gasteiger partial charge in [-0.1, -0.05) is 11.2 Å². The third-order valence-corrected chi connectivity index (χ3v) is 3.53. The minimum atomic E-state index is -1.18. The summed E-state index contributed by atoms with van der Waals surface area (Å²) >= 11 is 0. The Morgan fingerprint density at radius 1 is 1.31 bits per heavy atom. The van der Waals surface area contributed by atoms with Gasteiger partial charge >= 0.3 is 12.0 Å². The molecule has 2 rings (SSSR count). The van der Waals surface area contributed by atoms with Crippen molar-refractivity contribution in [2.45, 2.75) is 33.5 Å². The lowest BCUT2D eigenvalue weighted by molar-refractivity contribution is -0.127. The predicted molar refractivity (Wildman–Crippen MR) is 89.4 cm³/mol. The Morgan fingerprint density at radius 2 is 2.04 bits per heavy atom. The fourth-order valence-corrected chi connectivity index (χ4v) is 2.08. The first kappa shape index (κ1) is 19.0. The van der Waals surface area contributed by atoms with Crippen molar-refractivity contribution in [1.82, 2.24) is 10.5 Å². The first-order valence-electron chi connectivity index (χ1n) is 7.73. The van der Waals surface area contributed by atoms with Crippen LogP contribution in [0.5, 0.6) is 5.75 Å². The summed E-state index contributed by atoms with van der Waals surface area (Å²) < 4.78 is 15.7. The number of esters is 1. The van der Waals surface area contributed by atoms with Crippen LogP contribution >= 0.6 is 0 Å². The van der Waals surface area contributed by atoms with Crippen molar-refractivity contribution in [2.24, 2.45) is 5.73 Å². The number of carbonyl (C=O) groups is 3. The maximum atomic E-state index is 12.1. The molecule has 3 amide bonds. The average molecular weight is 361 g/mol. The van der Waals surface area contributed by atoms with E-state index in [4.69, 9.17) is 19.7 Å². The molecule has 0 bridgehead atoms. The highest BCUT2D eigenvalue weighted by atomic mass is 16.5. The molecular formula is C17H19N3O6. The number of rotatable bonds is 6. The van der Waals surface area contributed by atoms with E-state index in [1.807, 2.05) is 12.2 Å². The summed E-state index contributed by atoms with van der Waals surface area (Å²) in [5.74, 6) is -0.447. The Bertz CT molecular complexity index is 810. The summed E-state index contributed by atoms with van der Waals surface area (Å²) in [5, 5.41) is 5.68. The molecule has 0 aliphatic rings. The molecule has 9 nitrogen and oxygen atoms in total. The molecule has 0 saturated carbocycles. The van der Waals surface area contributed by atoms with Gasteiger partial charge < -0.3 is 19.7 Å². The van der Waals surface area contributed by atoms with Crippen molar-refractivity contribution in [2.75, 3.05) is 0 Å². The molecule has 0 saturated heterocycles. The van der Waals surface area contributed by atoms with E-state index in [0.717, 1.165) is 11.3 Å². The van der Waals surface area contributed by atoms with Gasteiger partial charge in [-0.3, -0.25) is 10.1 Å². The average Bonchev–Trinajstić information content (AvgIpc) is 2.90. The van der Waals surface area contributed by atoms with Crippen LogP contribution in [0.25, 0.3) is 0 Å². The van der Waals surface area contributed by atoms with Crippen molar-refractivity contribution in [3.8, 4) is 5.75 Å². The van der Waals surface area contributed by atoms with Gasteiger partial charge in [0.15, 0.2) is 6.10 Å². The highest BCUT2D eigenvalue weighted by Crippen LogP contribution is 2.19. The zero-order valence-electron chi connectivity index (χ0n) is 14.6. The van der Waals surface area contributed by atoms with E-state index in [-0.39, 0.29) is 12.2 Å². The Labute approximate surface area is 149 Å². The number of imide groups is 1. The molecule has 9 heteroatoms. The largest absolute Gasteiger partial charge is 0.489 e. The highest BCUT2D eigenvalue weighted by Gasteiger charge is 2.20. The second-order valence-corrected chi connectivity index (χ2v) is 5.52. The zero-order valence-corrected chi connectivity index (χ0v) is 14.6. The number of hydrogen-bond acceptors (Lipinski definition) is 7. The Hall–Kier alpha value is -3.36. The number of nitrogens with zero attached hydrogens (tertiary/aromatic N) is 1. The third kappa shape index (κ3) is 4.82. The second-order valence-electron chi connectivity index (χ2n) is 5.52. The van der Waals surface area contributed by atoms with Gasteiger partial charge in [-0.05, 0) is 39.0 Å². The van der Waals surface area contributed by atoms with E-state index < -0.39 is 24.0 Å². The molecule has 0 aliphatic heterocycles. The van der Waals surface area contributed by atoms with E-state index in [1.54, 1.807) is 19.1 Å². The minimum Gasteiger partial charge on any atom is -0.489 e. The molecule has 3 N–H and O–H groups in total. The summed E-state index contributed by atoms with van der Waals surface area (Å²) in [6.07, 6.45) is -1.18. The number of benzene rings is 1. The molecule has 0 spiro atoms. The fourth-order valence-electron chi connectivity index (χ4n) is 2.08. The minimum absolute atomic E-state index is 0.194. The van der Waals surface area contributed by atoms with Crippen LogP contribution in [0.3, 0.4) is 0 Å². The number of amides is 3. The Balaban J connectivity index is 2.00. The Morgan fingerprint density at radius 3 is 2.65 bits per heavy atom. The van der Waals surface area contributed by atoms with Gasteiger partial charge in [-0.15, -0.1) is 0 Å². The van der Waals surface area contributed by atoms with Crippen molar-refractivity contribution in [1.29, 1.82) is 0 Å². The van der Waals surface area contributed by atoms with Crippen LogP contribution in [0.4, 0.5) is 4.79 Å². The first-order chi connectivity index (χ1) is 12.3. The summed E-state index contributed by atoms with van der Waals surface area (Å²) in [6, 6.07) is 5.28. The van der Waals surface area contributed by atoms with Crippen molar-refractivity contribution in [3.63, 3.8) is 0 Å². The molecule has 0 fully saturated rings. The molecule has 1 aromatic heterocycles. The number of nitrogens with two attached hydrogens (primary N) is 1. The summed E-state index contributed by atoms with van der Waals surface area (Å²) in [4.78, 5) is 34.3. The number of aromatic nitrogens is 1. The topological polar surface area (TPSA) is 134 Å².